The average molecular weight is 302 g/mol. The van der Waals surface area contributed by atoms with Gasteiger partial charge >= 0.3 is 0 Å². The number of hydrogen-bond acceptors (Lipinski definition) is 1. The lowest BCUT2D eigenvalue weighted by atomic mass is 10.1. The lowest BCUT2D eigenvalue weighted by molar-refractivity contribution is 0.628. The summed E-state index contributed by atoms with van der Waals surface area (Å²) in [6, 6.07) is 18.8. The van der Waals surface area contributed by atoms with Gasteiger partial charge in [0, 0.05) is 23.5 Å². The number of fused-ring (bicyclic) bond motifs is 1. The van der Waals surface area contributed by atoms with E-state index in [-0.39, 0.29) is 5.82 Å². The Morgan fingerprint density at radius 1 is 0.870 bits per heavy atom. The zero-order valence-corrected chi connectivity index (χ0v) is 12.7. The van der Waals surface area contributed by atoms with Crippen LogP contribution in [0.1, 0.15) is 5.56 Å². The number of halogens is 1. The second-order valence-electron chi connectivity index (χ2n) is 5.66. The fraction of sp³-hybridized carbons (Fsp3) is 0.0500. The first-order chi connectivity index (χ1) is 11.2. The van der Waals surface area contributed by atoms with Gasteiger partial charge in [0.2, 0.25) is 0 Å². The van der Waals surface area contributed by atoms with E-state index in [0.29, 0.717) is 0 Å². The molecule has 0 aliphatic heterocycles. The molecule has 0 unspecified atom stereocenters. The smallest absolute Gasteiger partial charge is 0.145 e. The molecular weight excluding hydrogens is 287 g/mol. The lowest BCUT2D eigenvalue weighted by Crippen LogP contribution is -1.89. The second kappa shape index (κ2) is 5.36. The van der Waals surface area contributed by atoms with Crippen LogP contribution >= 0.6 is 0 Å². The molecule has 2 nitrogen and oxygen atoms in total. The number of rotatable bonds is 2. The van der Waals surface area contributed by atoms with Gasteiger partial charge in [-0.1, -0.05) is 30.3 Å². The van der Waals surface area contributed by atoms with E-state index >= 15 is 0 Å². The van der Waals surface area contributed by atoms with Crippen molar-refractivity contribution in [3.05, 3.63) is 84.4 Å². The third-order valence-electron chi connectivity index (χ3n) is 3.91. The van der Waals surface area contributed by atoms with Crippen molar-refractivity contribution in [2.75, 3.05) is 0 Å². The molecule has 0 aliphatic rings. The topological polar surface area (TPSA) is 17.3 Å². The van der Waals surface area contributed by atoms with Crippen LogP contribution in [0.25, 0.3) is 28.0 Å². The highest BCUT2D eigenvalue weighted by Gasteiger charge is 2.10. The van der Waals surface area contributed by atoms with Gasteiger partial charge in [0.25, 0.3) is 0 Å². The molecule has 112 valence electrons. The van der Waals surface area contributed by atoms with Crippen LogP contribution in [0.3, 0.4) is 0 Å². The summed E-state index contributed by atoms with van der Waals surface area (Å²) in [6.45, 7) is 2.07. The zero-order valence-electron chi connectivity index (χ0n) is 12.7. The quantitative estimate of drug-likeness (QED) is 0.502. The largest absolute Gasteiger partial charge is 0.306 e. The molecule has 0 aliphatic carbocycles. The van der Waals surface area contributed by atoms with Gasteiger partial charge in [-0.25, -0.2) is 9.37 Å². The average Bonchev–Trinajstić information content (AvgIpc) is 2.99. The molecule has 0 atom stereocenters. The van der Waals surface area contributed by atoms with Gasteiger partial charge in [0.15, 0.2) is 0 Å². The Morgan fingerprint density at radius 2 is 1.61 bits per heavy atom. The summed E-state index contributed by atoms with van der Waals surface area (Å²) in [5.41, 5.74) is 6.05. The van der Waals surface area contributed by atoms with E-state index in [9.17, 15) is 4.39 Å². The molecule has 0 radical (unpaired) electrons. The van der Waals surface area contributed by atoms with E-state index in [4.69, 9.17) is 4.98 Å². The van der Waals surface area contributed by atoms with Crippen molar-refractivity contribution < 1.29 is 4.39 Å². The first-order valence-corrected chi connectivity index (χ1v) is 7.51. The van der Waals surface area contributed by atoms with Crippen LogP contribution < -0.4 is 0 Å². The van der Waals surface area contributed by atoms with Gasteiger partial charge < -0.3 is 4.40 Å². The van der Waals surface area contributed by atoms with Crippen LogP contribution in [-0.4, -0.2) is 9.38 Å². The Morgan fingerprint density at radius 3 is 2.35 bits per heavy atom. The zero-order chi connectivity index (χ0) is 15.8. The van der Waals surface area contributed by atoms with Crippen molar-refractivity contribution >= 4 is 5.65 Å². The third kappa shape index (κ3) is 2.50. The summed E-state index contributed by atoms with van der Waals surface area (Å²) in [5, 5.41) is 0. The highest BCUT2D eigenvalue weighted by atomic mass is 19.1. The van der Waals surface area contributed by atoms with Crippen LogP contribution in [0, 0.1) is 12.7 Å². The van der Waals surface area contributed by atoms with Gasteiger partial charge in [-0.2, -0.15) is 0 Å². The second-order valence-corrected chi connectivity index (χ2v) is 5.66. The van der Waals surface area contributed by atoms with Crippen molar-refractivity contribution in [3.63, 3.8) is 0 Å². The van der Waals surface area contributed by atoms with Crippen LogP contribution in [0.4, 0.5) is 4.39 Å². The van der Waals surface area contributed by atoms with Crippen molar-refractivity contribution in [1.82, 2.24) is 9.38 Å². The van der Waals surface area contributed by atoms with Crippen LogP contribution in [-0.2, 0) is 0 Å². The monoisotopic (exact) mass is 302 g/mol. The SMILES string of the molecule is Cc1cc(-c2ccccc2)c2nc(-c3ccc(F)cc3)cn2c1. The Balaban J connectivity index is 1.93. The molecule has 0 amide bonds. The van der Waals surface area contributed by atoms with Gasteiger partial charge in [0.1, 0.15) is 11.5 Å². The number of benzene rings is 2. The molecule has 0 fully saturated rings. The van der Waals surface area contributed by atoms with Gasteiger partial charge in [0.05, 0.1) is 5.69 Å². The number of aromatic nitrogens is 2. The number of nitrogens with zero attached hydrogens (tertiary/aromatic N) is 2. The molecule has 0 saturated carbocycles. The van der Waals surface area contributed by atoms with E-state index in [2.05, 4.69) is 31.3 Å². The molecule has 0 bridgehead atoms. The summed E-state index contributed by atoms with van der Waals surface area (Å²) in [4.78, 5) is 4.77. The van der Waals surface area contributed by atoms with Crippen molar-refractivity contribution in [2.45, 2.75) is 6.92 Å². The minimum Gasteiger partial charge on any atom is -0.306 e. The number of pyridine rings is 1. The molecule has 2 heterocycles. The van der Waals surface area contributed by atoms with E-state index in [1.165, 1.54) is 17.7 Å². The Labute approximate surface area is 133 Å². The standard InChI is InChI=1S/C20H15FN2/c1-14-11-18(15-5-3-2-4-6-15)20-22-19(13-23(20)12-14)16-7-9-17(21)10-8-16/h2-13H,1H3. The first-order valence-electron chi connectivity index (χ1n) is 7.51. The van der Waals surface area contributed by atoms with Gasteiger partial charge in [-0.3, -0.25) is 0 Å². The van der Waals surface area contributed by atoms with E-state index < -0.39 is 0 Å². The molecule has 2 aromatic carbocycles. The summed E-state index contributed by atoms with van der Waals surface area (Å²) in [7, 11) is 0. The minimum absolute atomic E-state index is 0.238. The highest BCUT2D eigenvalue weighted by Crippen LogP contribution is 2.28. The molecular formula is C20H15FN2. The summed E-state index contributed by atoms with van der Waals surface area (Å²) >= 11 is 0. The highest BCUT2D eigenvalue weighted by molar-refractivity contribution is 5.80. The normalized spacial score (nSPS) is 11.0. The van der Waals surface area contributed by atoms with Crippen molar-refractivity contribution in [1.29, 1.82) is 0 Å². The fourth-order valence-corrected chi connectivity index (χ4v) is 2.83. The van der Waals surface area contributed by atoms with Crippen molar-refractivity contribution in [2.24, 2.45) is 0 Å². The molecule has 3 heteroatoms. The Kier molecular flexibility index (Phi) is 3.19. The third-order valence-corrected chi connectivity index (χ3v) is 3.91. The molecule has 2 aromatic heterocycles. The summed E-state index contributed by atoms with van der Waals surface area (Å²) < 4.78 is 15.2. The fourth-order valence-electron chi connectivity index (χ4n) is 2.83. The minimum atomic E-state index is -0.238. The van der Waals surface area contributed by atoms with E-state index in [0.717, 1.165) is 28.0 Å². The first kappa shape index (κ1) is 13.7. The predicted molar refractivity (Wildman–Crippen MR) is 90.8 cm³/mol. The van der Waals surface area contributed by atoms with Crippen molar-refractivity contribution in [3.8, 4) is 22.4 Å². The number of hydrogen-bond donors (Lipinski definition) is 0. The van der Waals surface area contributed by atoms with Gasteiger partial charge in [-0.15, -0.1) is 0 Å². The molecule has 0 N–H and O–H groups in total. The van der Waals surface area contributed by atoms with Crippen LogP contribution in [0.15, 0.2) is 73.1 Å². The van der Waals surface area contributed by atoms with Crippen LogP contribution in [0.2, 0.25) is 0 Å². The molecule has 4 rings (SSSR count). The Hall–Kier alpha value is -2.94. The number of aryl methyl sites for hydroxylation is 1. The maximum atomic E-state index is 13.1. The molecule has 4 aromatic rings. The summed E-state index contributed by atoms with van der Waals surface area (Å²) in [6.07, 6.45) is 4.05. The van der Waals surface area contributed by atoms with E-state index in [1.54, 1.807) is 12.1 Å². The molecule has 0 saturated heterocycles. The van der Waals surface area contributed by atoms with Crippen LogP contribution in [0.5, 0.6) is 0 Å². The Bertz CT molecular complexity index is 970. The molecule has 23 heavy (non-hydrogen) atoms. The maximum Gasteiger partial charge on any atom is 0.145 e. The lowest BCUT2D eigenvalue weighted by Gasteiger charge is -2.05. The molecule has 0 spiro atoms. The predicted octanol–water partition coefficient (Wildman–Crippen LogP) is 5.12. The summed E-state index contributed by atoms with van der Waals surface area (Å²) in [5.74, 6) is -0.238. The number of imidazole rings is 1. The maximum absolute atomic E-state index is 13.1. The van der Waals surface area contributed by atoms with E-state index in [1.807, 2.05) is 28.8 Å². The van der Waals surface area contributed by atoms with Gasteiger partial charge in [-0.05, 0) is 48.4 Å².